The number of rotatable bonds is 7. The van der Waals surface area contributed by atoms with Crippen LogP contribution in [0.15, 0.2) is 0 Å². The number of fused-ring (bicyclic) bond motifs is 2. The van der Waals surface area contributed by atoms with Gasteiger partial charge in [-0.05, 0) is 33.6 Å². The van der Waals surface area contributed by atoms with Gasteiger partial charge in [0.1, 0.15) is 5.33 Å². The normalized spacial score (nSPS) is 24.2. The molecule has 2 aliphatic rings. The summed E-state index contributed by atoms with van der Waals surface area (Å²) in [5.74, 6) is -0.617. The number of carbonyl (C=O) groups excluding carboxylic acids is 3. The number of morpholine rings is 1. The standard InChI is InChI=1S/C14H23NO5.C4H7BrO2/c1-3-19-13(16)7-15-11-5-10(14(17)20-4-2)6-12(15)9-18-8-11;1-2-7-4(6)3-5/h10-12H,3-9H2,1-2H3;2-3H2,1H3. The molecule has 2 atom stereocenters. The van der Waals surface area contributed by atoms with Gasteiger partial charge >= 0.3 is 17.9 Å². The molecule has 2 fully saturated rings. The fourth-order valence-corrected chi connectivity index (χ4v) is 3.42. The summed E-state index contributed by atoms with van der Waals surface area (Å²) >= 11 is 2.94. The molecule has 0 N–H and O–H groups in total. The SMILES string of the molecule is CCOC(=O)CBr.CCOC(=O)CN1C2COCC1CC(C(=O)OCC)C2. The van der Waals surface area contributed by atoms with Crippen LogP contribution < -0.4 is 0 Å². The number of halogens is 1. The molecule has 0 aromatic carbocycles. The van der Waals surface area contributed by atoms with Gasteiger partial charge in [0.25, 0.3) is 0 Å². The highest BCUT2D eigenvalue weighted by Gasteiger charge is 2.42. The number of nitrogens with zero attached hydrogens (tertiary/aromatic N) is 1. The fourth-order valence-electron chi connectivity index (χ4n) is 3.26. The molecule has 0 aromatic heterocycles. The maximum atomic E-state index is 11.9. The van der Waals surface area contributed by atoms with E-state index in [0.717, 1.165) is 0 Å². The first-order valence-electron chi connectivity index (χ1n) is 9.33. The van der Waals surface area contributed by atoms with Crippen molar-refractivity contribution in [1.82, 2.24) is 4.90 Å². The molecule has 0 saturated carbocycles. The third-order valence-corrected chi connectivity index (χ3v) is 4.78. The van der Waals surface area contributed by atoms with Crippen LogP contribution >= 0.6 is 15.9 Å². The summed E-state index contributed by atoms with van der Waals surface area (Å²) in [5, 5.41) is 0.292. The average molecular weight is 452 g/mol. The third-order valence-electron chi connectivity index (χ3n) is 4.32. The first kappa shape index (κ1) is 23.8. The van der Waals surface area contributed by atoms with Crippen molar-refractivity contribution in [1.29, 1.82) is 0 Å². The predicted octanol–water partition coefficient (Wildman–Crippen LogP) is 1.54. The highest BCUT2D eigenvalue weighted by molar-refractivity contribution is 9.09. The van der Waals surface area contributed by atoms with E-state index in [2.05, 4.69) is 25.6 Å². The van der Waals surface area contributed by atoms with Gasteiger partial charge in [-0.25, -0.2) is 0 Å². The van der Waals surface area contributed by atoms with Crippen molar-refractivity contribution < 1.29 is 33.3 Å². The highest BCUT2D eigenvalue weighted by Crippen LogP contribution is 2.32. The molecule has 0 amide bonds. The third kappa shape index (κ3) is 8.15. The van der Waals surface area contributed by atoms with Crippen molar-refractivity contribution in [3.05, 3.63) is 0 Å². The largest absolute Gasteiger partial charge is 0.466 e. The zero-order valence-electron chi connectivity index (χ0n) is 16.3. The lowest BCUT2D eigenvalue weighted by molar-refractivity contribution is -0.161. The topological polar surface area (TPSA) is 91.4 Å². The molecule has 2 unspecified atom stereocenters. The maximum absolute atomic E-state index is 11.9. The van der Waals surface area contributed by atoms with E-state index in [9.17, 15) is 14.4 Å². The first-order valence-corrected chi connectivity index (χ1v) is 10.5. The molecule has 0 radical (unpaired) electrons. The molecule has 0 aliphatic carbocycles. The summed E-state index contributed by atoms with van der Waals surface area (Å²) in [7, 11) is 0. The Balaban J connectivity index is 0.000000445. The Bertz CT molecular complexity index is 474. The Morgan fingerprint density at radius 2 is 1.44 bits per heavy atom. The zero-order chi connectivity index (χ0) is 20.2. The molecule has 0 aromatic rings. The van der Waals surface area contributed by atoms with Crippen molar-refractivity contribution in [2.24, 2.45) is 5.92 Å². The number of carbonyl (C=O) groups is 3. The van der Waals surface area contributed by atoms with Gasteiger partial charge in [0.05, 0.1) is 45.5 Å². The molecule has 2 bridgehead atoms. The van der Waals surface area contributed by atoms with Crippen LogP contribution in [0.1, 0.15) is 33.6 Å². The van der Waals surface area contributed by atoms with E-state index in [1.807, 2.05) is 6.92 Å². The number of hydrogen-bond donors (Lipinski definition) is 0. The van der Waals surface area contributed by atoms with E-state index >= 15 is 0 Å². The Kier molecular flexibility index (Phi) is 11.5. The maximum Gasteiger partial charge on any atom is 0.320 e. The molecule has 9 heteroatoms. The molecule has 8 nitrogen and oxygen atoms in total. The van der Waals surface area contributed by atoms with Gasteiger partial charge in [-0.2, -0.15) is 0 Å². The summed E-state index contributed by atoms with van der Waals surface area (Å²) < 4.78 is 20.2. The Labute approximate surface area is 169 Å². The molecule has 27 heavy (non-hydrogen) atoms. The van der Waals surface area contributed by atoms with Crippen LogP contribution in [0.3, 0.4) is 0 Å². The Hall–Kier alpha value is -1.19. The van der Waals surface area contributed by atoms with Gasteiger partial charge < -0.3 is 18.9 Å². The second kappa shape index (κ2) is 13.1. The second-order valence-corrected chi connectivity index (χ2v) is 6.74. The van der Waals surface area contributed by atoms with E-state index in [4.69, 9.17) is 14.2 Å². The molecular weight excluding hydrogens is 422 g/mol. The van der Waals surface area contributed by atoms with Gasteiger partial charge in [-0.1, -0.05) is 15.9 Å². The van der Waals surface area contributed by atoms with Gasteiger partial charge in [0, 0.05) is 12.1 Å². The smallest absolute Gasteiger partial charge is 0.320 e. The monoisotopic (exact) mass is 451 g/mol. The number of hydrogen-bond acceptors (Lipinski definition) is 8. The quantitative estimate of drug-likeness (QED) is 0.327. The van der Waals surface area contributed by atoms with Crippen molar-refractivity contribution in [2.75, 3.05) is 44.9 Å². The molecule has 2 saturated heterocycles. The van der Waals surface area contributed by atoms with Gasteiger partial charge in [0.2, 0.25) is 0 Å². The summed E-state index contributed by atoms with van der Waals surface area (Å²) in [6.45, 7) is 8.06. The number of esters is 3. The van der Waals surface area contributed by atoms with Crippen molar-refractivity contribution in [3.63, 3.8) is 0 Å². The molecular formula is C18H30BrNO7. The van der Waals surface area contributed by atoms with Crippen LogP contribution in [0.25, 0.3) is 0 Å². The van der Waals surface area contributed by atoms with Crippen LogP contribution in [0, 0.1) is 5.92 Å². The summed E-state index contributed by atoms with van der Waals surface area (Å²) in [4.78, 5) is 35.8. The minimum atomic E-state index is -0.209. The number of alkyl halides is 1. The fraction of sp³-hybridized carbons (Fsp3) is 0.833. The molecule has 2 heterocycles. The summed E-state index contributed by atoms with van der Waals surface area (Å²) in [6.07, 6.45) is 1.38. The van der Waals surface area contributed by atoms with Gasteiger partial charge in [0.15, 0.2) is 0 Å². The predicted molar refractivity (Wildman–Crippen MR) is 102 cm³/mol. The molecule has 156 valence electrons. The zero-order valence-corrected chi connectivity index (χ0v) is 17.9. The Morgan fingerprint density at radius 1 is 0.926 bits per heavy atom. The van der Waals surface area contributed by atoms with E-state index in [1.54, 1.807) is 13.8 Å². The second-order valence-electron chi connectivity index (χ2n) is 6.18. The van der Waals surface area contributed by atoms with E-state index in [0.29, 0.717) is 51.2 Å². The minimum absolute atomic E-state index is 0.0766. The van der Waals surface area contributed by atoms with Crippen LogP contribution in [0.5, 0.6) is 0 Å². The van der Waals surface area contributed by atoms with Crippen molar-refractivity contribution in [2.45, 2.75) is 45.7 Å². The lowest BCUT2D eigenvalue weighted by Crippen LogP contribution is -2.59. The average Bonchev–Trinajstić information content (AvgIpc) is 2.62. The van der Waals surface area contributed by atoms with Crippen molar-refractivity contribution >= 4 is 33.8 Å². The van der Waals surface area contributed by atoms with E-state index in [-0.39, 0.29) is 42.5 Å². The van der Waals surface area contributed by atoms with Crippen LogP contribution in [0.4, 0.5) is 0 Å². The lowest BCUT2D eigenvalue weighted by atomic mass is 9.85. The van der Waals surface area contributed by atoms with Gasteiger partial charge in [-0.15, -0.1) is 0 Å². The van der Waals surface area contributed by atoms with Crippen molar-refractivity contribution in [3.8, 4) is 0 Å². The first-order chi connectivity index (χ1) is 13.0. The molecule has 2 rings (SSSR count). The Morgan fingerprint density at radius 3 is 1.89 bits per heavy atom. The minimum Gasteiger partial charge on any atom is -0.466 e. The highest BCUT2D eigenvalue weighted by atomic mass is 79.9. The number of piperidine rings is 1. The molecule has 2 aliphatic heterocycles. The van der Waals surface area contributed by atoms with Crippen LogP contribution in [-0.4, -0.2) is 79.8 Å². The molecule has 0 spiro atoms. The van der Waals surface area contributed by atoms with Crippen LogP contribution in [-0.2, 0) is 33.3 Å². The van der Waals surface area contributed by atoms with E-state index < -0.39 is 0 Å². The van der Waals surface area contributed by atoms with Gasteiger partial charge in [-0.3, -0.25) is 19.3 Å². The number of ether oxygens (including phenoxy) is 4. The van der Waals surface area contributed by atoms with Crippen LogP contribution in [0.2, 0.25) is 0 Å². The lowest BCUT2D eigenvalue weighted by Gasteiger charge is -2.47. The summed E-state index contributed by atoms with van der Waals surface area (Å²) in [6, 6.07) is 0.197. The summed E-state index contributed by atoms with van der Waals surface area (Å²) in [5.41, 5.74) is 0. The van der Waals surface area contributed by atoms with E-state index in [1.165, 1.54) is 0 Å².